The highest BCUT2D eigenvalue weighted by molar-refractivity contribution is 7.21. The van der Waals surface area contributed by atoms with Gasteiger partial charge in [0, 0.05) is 29.9 Å². The molecule has 0 aliphatic carbocycles. The first-order valence-electron chi connectivity index (χ1n) is 8.54. The van der Waals surface area contributed by atoms with Gasteiger partial charge < -0.3 is 0 Å². The summed E-state index contributed by atoms with van der Waals surface area (Å²) in [6.07, 6.45) is 0. The Balaban J connectivity index is 0.00000182. The Bertz CT molecular complexity index is 975. The Hall–Kier alpha value is -1.38. The second-order valence-electron chi connectivity index (χ2n) is 8.78. The maximum Gasteiger partial charge on any atom is 0.0424 e. The summed E-state index contributed by atoms with van der Waals surface area (Å²) in [6, 6.07) is 14.0. The van der Waals surface area contributed by atoms with Crippen molar-refractivity contribution in [2.45, 2.75) is 59.8 Å². The van der Waals surface area contributed by atoms with Crippen LogP contribution in [0.5, 0.6) is 0 Å². The fourth-order valence-electron chi connectivity index (χ4n) is 3.14. The monoisotopic (exact) mass is 368 g/mol. The number of fused-ring (bicyclic) bond motifs is 5. The maximum atomic E-state index is 2.37. The predicted molar refractivity (Wildman–Crippen MR) is 119 cm³/mol. The van der Waals surface area contributed by atoms with Crippen molar-refractivity contribution in [2.24, 2.45) is 0 Å². The molecule has 0 atom stereocenters. The Morgan fingerprint density at radius 1 is 0.600 bits per heavy atom. The number of hydrogen-bond donors (Lipinski definition) is 0. The summed E-state index contributed by atoms with van der Waals surface area (Å²) in [5.74, 6) is 0. The highest BCUT2D eigenvalue weighted by Crippen LogP contribution is 2.42. The van der Waals surface area contributed by atoms with Gasteiger partial charge in [-0.25, -0.2) is 0 Å². The number of benzene rings is 2. The Labute approximate surface area is 159 Å². The van der Waals surface area contributed by atoms with Crippen molar-refractivity contribution >= 4 is 53.6 Å². The quantitative estimate of drug-likeness (QED) is 0.292. The highest BCUT2D eigenvalue weighted by atomic mass is 32.1. The van der Waals surface area contributed by atoms with Crippen LogP contribution in [0.2, 0.25) is 0 Å². The minimum absolute atomic E-state index is 0. The van der Waals surface area contributed by atoms with E-state index in [0.717, 1.165) is 0 Å². The van der Waals surface area contributed by atoms with Crippen LogP contribution >= 0.6 is 22.7 Å². The fourth-order valence-corrected chi connectivity index (χ4v) is 5.63. The van der Waals surface area contributed by atoms with Crippen molar-refractivity contribution in [3.63, 3.8) is 0 Å². The molecule has 2 heteroatoms. The molecule has 132 valence electrons. The van der Waals surface area contributed by atoms with Gasteiger partial charge in [-0.05, 0) is 33.7 Å². The first kappa shape index (κ1) is 18.4. The molecule has 0 nitrogen and oxygen atoms in total. The molecule has 0 aliphatic rings. The van der Waals surface area contributed by atoms with Gasteiger partial charge in [-0.15, -0.1) is 22.7 Å². The third-order valence-electron chi connectivity index (χ3n) is 4.64. The van der Waals surface area contributed by atoms with E-state index in [2.05, 4.69) is 77.9 Å². The van der Waals surface area contributed by atoms with E-state index >= 15 is 0 Å². The molecule has 0 spiro atoms. The molecule has 0 amide bonds. The summed E-state index contributed by atoms with van der Waals surface area (Å²) in [5.41, 5.74) is 0.422. The molecule has 0 saturated heterocycles. The number of thiophene rings is 2. The van der Waals surface area contributed by atoms with Gasteiger partial charge in [-0.2, -0.15) is 0 Å². The lowest BCUT2D eigenvalue weighted by Gasteiger charge is -2.15. The minimum Gasteiger partial charge on any atom is -0.139 e. The van der Waals surface area contributed by atoms with Crippen LogP contribution < -0.4 is 0 Å². The Morgan fingerprint density at radius 2 is 0.960 bits per heavy atom. The van der Waals surface area contributed by atoms with Crippen LogP contribution in [-0.4, -0.2) is 0 Å². The van der Waals surface area contributed by atoms with E-state index in [4.69, 9.17) is 0 Å². The zero-order chi connectivity index (χ0) is 17.3. The van der Waals surface area contributed by atoms with Gasteiger partial charge >= 0.3 is 0 Å². The molecule has 2 aromatic heterocycles. The SMILES string of the molecule is C.CC(C)(C)c1cc2ccc3c(ccc4cc(C(C)(C)C)sc43)c2s1. The molecule has 4 aromatic rings. The standard InChI is InChI=1S/C22H24S2.CH4/c1-21(2,3)17-11-13-7-9-16-15(19(13)23-17)10-8-14-12-18(22(4,5)6)24-20(14)16;/h7-12H,1-6H3;1H4. The van der Waals surface area contributed by atoms with Crippen molar-refractivity contribution < 1.29 is 0 Å². The average Bonchev–Trinajstić information content (AvgIpc) is 3.09. The van der Waals surface area contributed by atoms with Crippen molar-refractivity contribution in [1.82, 2.24) is 0 Å². The van der Waals surface area contributed by atoms with Gasteiger partial charge in [0.15, 0.2) is 0 Å². The van der Waals surface area contributed by atoms with E-state index in [9.17, 15) is 0 Å². The summed E-state index contributed by atoms with van der Waals surface area (Å²) >= 11 is 3.92. The zero-order valence-corrected chi connectivity index (χ0v) is 16.9. The summed E-state index contributed by atoms with van der Waals surface area (Å²) in [7, 11) is 0. The molecule has 0 bridgehead atoms. The van der Waals surface area contributed by atoms with Crippen LogP contribution in [0.1, 0.15) is 58.7 Å². The Kier molecular flexibility index (Phi) is 4.29. The summed E-state index contributed by atoms with van der Waals surface area (Å²) in [6.45, 7) is 13.8. The molecular formula is C23H28S2. The molecule has 4 rings (SSSR count). The van der Waals surface area contributed by atoms with E-state index in [1.807, 2.05) is 22.7 Å². The third-order valence-corrected chi connectivity index (χ3v) is 7.86. The smallest absolute Gasteiger partial charge is 0.0424 e. The summed E-state index contributed by atoms with van der Waals surface area (Å²) < 4.78 is 2.87. The van der Waals surface area contributed by atoms with Crippen LogP contribution in [0.25, 0.3) is 30.9 Å². The third kappa shape index (κ3) is 3.00. The molecule has 0 N–H and O–H groups in total. The molecule has 0 saturated carbocycles. The van der Waals surface area contributed by atoms with E-state index in [1.165, 1.54) is 40.7 Å². The normalized spacial score (nSPS) is 12.9. The molecule has 0 aliphatic heterocycles. The number of rotatable bonds is 0. The Morgan fingerprint density at radius 3 is 1.28 bits per heavy atom. The van der Waals surface area contributed by atoms with Crippen molar-refractivity contribution in [1.29, 1.82) is 0 Å². The van der Waals surface area contributed by atoms with Crippen molar-refractivity contribution in [3.05, 3.63) is 46.2 Å². The topological polar surface area (TPSA) is 0 Å². The highest BCUT2D eigenvalue weighted by Gasteiger charge is 2.20. The van der Waals surface area contributed by atoms with E-state index in [-0.39, 0.29) is 18.3 Å². The van der Waals surface area contributed by atoms with Crippen molar-refractivity contribution in [2.75, 3.05) is 0 Å². The van der Waals surface area contributed by atoms with E-state index in [1.54, 1.807) is 0 Å². The van der Waals surface area contributed by atoms with Crippen LogP contribution in [-0.2, 0) is 10.8 Å². The van der Waals surface area contributed by atoms with Crippen LogP contribution in [0, 0.1) is 0 Å². The van der Waals surface area contributed by atoms with Gasteiger partial charge in [0.1, 0.15) is 0 Å². The van der Waals surface area contributed by atoms with Gasteiger partial charge in [0.25, 0.3) is 0 Å². The zero-order valence-electron chi connectivity index (χ0n) is 15.3. The minimum atomic E-state index is 0. The molecule has 0 fully saturated rings. The van der Waals surface area contributed by atoms with Crippen LogP contribution in [0.15, 0.2) is 36.4 Å². The maximum absolute atomic E-state index is 2.37. The second-order valence-corrected chi connectivity index (χ2v) is 10.9. The fraction of sp³-hybridized carbons (Fsp3) is 0.391. The van der Waals surface area contributed by atoms with Gasteiger partial charge in [-0.1, -0.05) is 73.2 Å². The average molecular weight is 369 g/mol. The van der Waals surface area contributed by atoms with E-state index in [0.29, 0.717) is 0 Å². The molecule has 25 heavy (non-hydrogen) atoms. The van der Waals surface area contributed by atoms with E-state index < -0.39 is 0 Å². The molecule has 0 unspecified atom stereocenters. The lowest BCUT2D eigenvalue weighted by Crippen LogP contribution is -2.07. The van der Waals surface area contributed by atoms with Crippen LogP contribution in [0.3, 0.4) is 0 Å². The van der Waals surface area contributed by atoms with Gasteiger partial charge in [0.2, 0.25) is 0 Å². The van der Waals surface area contributed by atoms with Gasteiger partial charge in [0.05, 0.1) is 0 Å². The van der Waals surface area contributed by atoms with Crippen LogP contribution in [0.4, 0.5) is 0 Å². The molecule has 2 heterocycles. The second kappa shape index (κ2) is 5.82. The lowest BCUT2D eigenvalue weighted by molar-refractivity contribution is 0.604. The molecule has 2 aromatic carbocycles. The molecule has 0 radical (unpaired) electrons. The summed E-state index contributed by atoms with van der Waals surface area (Å²) in [5, 5.41) is 5.57. The number of hydrogen-bond acceptors (Lipinski definition) is 2. The van der Waals surface area contributed by atoms with Crippen molar-refractivity contribution in [3.8, 4) is 0 Å². The molecular weight excluding hydrogens is 340 g/mol. The summed E-state index contributed by atoms with van der Waals surface area (Å²) in [4.78, 5) is 2.93. The predicted octanol–water partition coefficient (Wildman–Crippen LogP) is 8.50. The van der Waals surface area contributed by atoms with Gasteiger partial charge in [-0.3, -0.25) is 0 Å². The first-order chi connectivity index (χ1) is 11.1. The largest absolute Gasteiger partial charge is 0.139 e. The first-order valence-corrected chi connectivity index (χ1v) is 10.2. The lowest BCUT2D eigenvalue weighted by atomic mass is 9.94.